The SMILES string of the molecule is c1cc2c(c(NC3CCOCC3)n1)C(C1CC1)=NC2. The Balaban J connectivity index is 1.61. The van der Waals surface area contributed by atoms with E-state index in [0.29, 0.717) is 12.0 Å². The van der Waals surface area contributed by atoms with Gasteiger partial charge in [0.25, 0.3) is 0 Å². The third-order valence-electron chi connectivity index (χ3n) is 4.24. The number of aliphatic imine (C=N–C) groups is 1. The number of rotatable bonds is 3. The van der Waals surface area contributed by atoms with Gasteiger partial charge in [-0.15, -0.1) is 0 Å². The van der Waals surface area contributed by atoms with Crippen LogP contribution in [0.15, 0.2) is 17.3 Å². The molecule has 100 valence electrons. The number of nitrogens with zero attached hydrogens (tertiary/aromatic N) is 2. The molecule has 2 aliphatic heterocycles. The van der Waals surface area contributed by atoms with E-state index in [1.54, 1.807) is 0 Å². The lowest BCUT2D eigenvalue weighted by Gasteiger charge is -2.24. The molecule has 0 unspecified atom stereocenters. The molecule has 0 spiro atoms. The lowest BCUT2D eigenvalue weighted by Crippen LogP contribution is -2.29. The summed E-state index contributed by atoms with van der Waals surface area (Å²) in [5.41, 5.74) is 3.95. The second-order valence-corrected chi connectivity index (χ2v) is 5.70. The molecule has 3 heterocycles. The number of hydrogen-bond donors (Lipinski definition) is 1. The van der Waals surface area contributed by atoms with Gasteiger partial charge in [-0.2, -0.15) is 0 Å². The molecule has 1 aliphatic carbocycles. The van der Waals surface area contributed by atoms with Crippen molar-refractivity contribution in [1.29, 1.82) is 0 Å². The molecule has 0 bridgehead atoms. The first-order chi connectivity index (χ1) is 9.42. The van der Waals surface area contributed by atoms with E-state index in [0.717, 1.165) is 38.4 Å². The molecule has 0 radical (unpaired) electrons. The van der Waals surface area contributed by atoms with Gasteiger partial charge in [0.15, 0.2) is 0 Å². The summed E-state index contributed by atoms with van der Waals surface area (Å²) in [6.45, 7) is 2.55. The topological polar surface area (TPSA) is 46.5 Å². The molecule has 0 atom stereocenters. The minimum absolute atomic E-state index is 0.494. The fourth-order valence-corrected chi connectivity index (χ4v) is 3.00. The van der Waals surface area contributed by atoms with Gasteiger partial charge in [0.1, 0.15) is 5.82 Å². The predicted octanol–water partition coefficient (Wildman–Crippen LogP) is 2.39. The summed E-state index contributed by atoms with van der Waals surface area (Å²) in [7, 11) is 0. The molecule has 1 saturated heterocycles. The van der Waals surface area contributed by atoms with Crippen LogP contribution in [0.3, 0.4) is 0 Å². The van der Waals surface area contributed by atoms with Crippen molar-refractivity contribution in [1.82, 2.24) is 4.98 Å². The van der Waals surface area contributed by atoms with E-state index < -0.39 is 0 Å². The minimum atomic E-state index is 0.494. The molecule has 4 nitrogen and oxygen atoms in total. The summed E-state index contributed by atoms with van der Waals surface area (Å²) in [5.74, 6) is 1.74. The molecule has 2 fully saturated rings. The standard InChI is InChI=1S/C15H19N3O/c1-2-10(1)14-13-11(9-17-14)3-6-16-15(13)18-12-4-7-19-8-5-12/h3,6,10,12H,1-2,4-5,7-9H2,(H,16,18). The van der Waals surface area contributed by atoms with Crippen molar-refractivity contribution in [3.8, 4) is 0 Å². The maximum absolute atomic E-state index is 5.42. The highest BCUT2D eigenvalue weighted by Crippen LogP contribution is 2.39. The number of hydrogen-bond acceptors (Lipinski definition) is 4. The Morgan fingerprint density at radius 3 is 2.79 bits per heavy atom. The van der Waals surface area contributed by atoms with E-state index >= 15 is 0 Å². The molecule has 1 aromatic heterocycles. The highest BCUT2D eigenvalue weighted by Gasteiger charge is 2.34. The van der Waals surface area contributed by atoms with Gasteiger partial charge in [0, 0.05) is 42.6 Å². The van der Waals surface area contributed by atoms with Gasteiger partial charge in [-0.3, -0.25) is 4.99 Å². The first-order valence-electron chi connectivity index (χ1n) is 7.28. The second-order valence-electron chi connectivity index (χ2n) is 5.70. The Hall–Kier alpha value is -1.42. The average Bonchev–Trinajstić information content (AvgIpc) is 3.20. The summed E-state index contributed by atoms with van der Waals surface area (Å²) in [6.07, 6.45) is 6.64. The summed E-state index contributed by atoms with van der Waals surface area (Å²) >= 11 is 0. The van der Waals surface area contributed by atoms with Crippen LogP contribution in [0.2, 0.25) is 0 Å². The molecular formula is C15H19N3O. The highest BCUT2D eigenvalue weighted by atomic mass is 16.5. The van der Waals surface area contributed by atoms with Crippen molar-refractivity contribution in [3.63, 3.8) is 0 Å². The van der Waals surface area contributed by atoms with Crippen LogP contribution in [-0.2, 0) is 11.3 Å². The Kier molecular flexibility index (Phi) is 2.76. The molecule has 4 rings (SSSR count). The largest absolute Gasteiger partial charge is 0.381 e. The quantitative estimate of drug-likeness (QED) is 0.904. The van der Waals surface area contributed by atoms with E-state index in [1.165, 1.54) is 29.7 Å². The van der Waals surface area contributed by atoms with Crippen LogP contribution < -0.4 is 5.32 Å². The summed E-state index contributed by atoms with van der Waals surface area (Å²) < 4.78 is 5.42. The number of anilines is 1. The third kappa shape index (κ3) is 2.14. The Morgan fingerprint density at radius 1 is 1.16 bits per heavy atom. The molecule has 0 amide bonds. The number of fused-ring (bicyclic) bond motifs is 1. The van der Waals surface area contributed by atoms with Gasteiger partial charge >= 0.3 is 0 Å². The van der Waals surface area contributed by atoms with E-state index in [1.807, 2.05) is 6.20 Å². The average molecular weight is 257 g/mol. The van der Waals surface area contributed by atoms with Crippen LogP contribution in [0, 0.1) is 5.92 Å². The smallest absolute Gasteiger partial charge is 0.135 e. The van der Waals surface area contributed by atoms with Crippen LogP contribution in [0.1, 0.15) is 36.8 Å². The Labute approximate surface area is 113 Å². The summed E-state index contributed by atoms with van der Waals surface area (Å²) in [4.78, 5) is 9.30. The molecule has 1 aromatic rings. The zero-order valence-electron chi connectivity index (χ0n) is 11.1. The second kappa shape index (κ2) is 4.60. The lowest BCUT2D eigenvalue weighted by atomic mass is 10.0. The van der Waals surface area contributed by atoms with Gasteiger partial charge in [-0.25, -0.2) is 4.98 Å². The molecule has 1 N–H and O–H groups in total. The molecule has 1 saturated carbocycles. The summed E-state index contributed by atoms with van der Waals surface area (Å²) in [5, 5.41) is 3.62. The lowest BCUT2D eigenvalue weighted by molar-refractivity contribution is 0.0904. The zero-order valence-corrected chi connectivity index (χ0v) is 11.1. The third-order valence-corrected chi connectivity index (χ3v) is 4.24. The van der Waals surface area contributed by atoms with E-state index in [2.05, 4.69) is 16.4 Å². The van der Waals surface area contributed by atoms with E-state index in [4.69, 9.17) is 9.73 Å². The van der Waals surface area contributed by atoms with Crippen molar-refractivity contribution >= 4 is 11.5 Å². The van der Waals surface area contributed by atoms with Crippen LogP contribution in [0.4, 0.5) is 5.82 Å². The normalized spacial score (nSPS) is 23.1. The molecular weight excluding hydrogens is 238 g/mol. The monoisotopic (exact) mass is 257 g/mol. The molecule has 19 heavy (non-hydrogen) atoms. The number of ether oxygens (including phenoxy) is 1. The van der Waals surface area contributed by atoms with Crippen molar-refractivity contribution in [2.75, 3.05) is 18.5 Å². The maximum atomic E-state index is 5.42. The predicted molar refractivity (Wildman–Crippen MR) is 74.7 cm³/mol. The van der Waals surface area contributed by atoms with Crippen molar-refractivity contribution in [3.05, 3.63) is 23.4 Å². The Bertz CT molecular complexity index is 516. The van der Waals surface area contributed by atoms with Crippen LogP contribution in [-0.4, -0.2) is 30.0 Å². The van der Waals surface area contributed by atoms with Gasteiger partial charge < -0.3 is 10.1 Å². The van der Waals surface area contributed by atoms with Gasteiger partial charge in [-0.1, -0.05) is 0 Å². The highest BCUT2D eigenvalue weighted by molar-refractivity contribution is 6.09. The van der Waals surface area contributed by atoms with Gasteiger partial charge in [0.2, 0.25) is 0 Å². The van der Waals surface area contributed by atoms with E-state index in [-0.39, 0.29) is 0 Å². The molecule has 4 heteroatoms. The first kappa shape index (κ1) is 11.4. The van der Waals surface area contributed by atoms with Crippen molar-refractivity contribution in [2.45, 2.75) is 38.3 Å². The van der Waals surface area contributed by atoms with Gasteiger partial charge in [-0.05, 0) is 37.3 Å². The first-order valence-corrected chi connectivity index (χ1v) is 7.28. The number of pyridine rings is 1. The van der Waals surface area contributed by atoms with Crippen LogP contribution >= 0.6 is 0 Å². The number of nitrogens with one attached hydrogen (secondary N) is 1. The van der Waals surface area contributed by atoms with Crippen LogP contribution in [0.25, 0.3) is 0 Å². The number of aromatic nitrogens is 1. The fourth-order valence-electron chi connectivity index (χ4n) is 3.00. The summed E-state index contributed by atoms with van der Waals surface area (Å²) in [6, 6.07) is 2.61. The fraction of sp³-hybridized carbons (Fsp3) is 0.600. The van der Waals surface area contributed by atoms with Crippen LogP contribution in [0.5, 0.6) is 0 Å². The van der Waals surface area contributed by atoms with Crippen molar-refractivity contribution in [2.24, 2.45) is 10.9 Å². The Morgan fingerprint density at radius 2 is 2.00 bits per heavy atom. The van der Waals surface area contributed by atoms with Crippen molar-refractivity contribution < 1.29 is 4.74 Å². The van der Waals surface area contributed by atoms with Gasteiger partial charge in [0.05, 0.1) is 6.54 Å². The zero-order chi connectivity index (χ0) is 12.7. The minimum Gasteiger partial charge on any atom is -0.381 e. The molecule has 0 aromatic carbocycles. The molecule has 3 aliphatic rings. The van der Waals surface area contributed by atoms with E-state index in [9.17, 15) is 0 Å². The maximum Gasteiger partial charge on any atom is 0.135 e.